The van der Waals surface area contributed by atoms with Gasteiger partial charge in [0.1, 0.15) is 0 Å². The predicted octanol–water partition coefficient (Wildman–Crippen LogP) is 1.94. The van der Waals surface area contributed by atoms with E-state index in [1.807, 2.05) is 30.3 Å². The molecule has 2 rings (SSSR count). The van der Waals surface area contributed by atoms with Crippen LogP contribution in [0.3, 0.4) is 0 Å². The maximum atomic E-state index is 9.02. The third-order valence-electron chi connectivity index (χ3n) is 1.58. The third-order valence-corrected chi connectivity index (χ3v) is 1.58. The molecule has 1 heterocycles. The van der Waals surface area contributed by atoms with E-state index in [1.54, 1.807) is 6.07 Å². The minimum absolute atomic E-state index is 0. The number of pyridine rings is 1. The molecule has 0 bridgehead atoms. The molecule has 1 aromatic heterocycles. The molecule has 0 fully saturated rings. The first-order valence-electron chi connectivity index (χ1n) is 3.41. The summed E-state index contributed by atoms with van der Waals surface area (Å²) in [6, 6.07) is 11.1. The minimum atomic E-state index is 0. The summed E-state index contributed by atoms with van der Waals surface area (Å²) in [6.45, 7) is 0. The van der Waals surface area contributed by atoms with Crippen LogP contribution in [0.2, 0.25) is 0 Å². The second kappa shape index (κ2) is 3.64. The molecule has 0 amide bonds. The van der Waals surface area contributed by atoms with Crippen molar-refractivity contribution < 1.29 is 24.6 Å². The topological polar surface area (TPSA) is 33.1 Å². The number of para-hydroxylation sites is 1. The van der Waals surface area contributed by atoms with Gasteiger partial charge in [-0.2, -0.15) is 0 Å². The molecule has 56 valence electrons. The monoisotopic (exact) mass is 209 g/mol. The molecular weight excluding hydrogens is 203 g/mol. The fourth-order valence-electron chi connectivity index (χ4n) is 1.06. The van der Waals surface area contributed by atoms with E-state index in [4.69, 9.17) is 5.11 Å². The standard InChI is InChI=1S/C9H7NO.Zn/c11-9-6-5-7-3-1-2-4-8(7)10-9;/h1-6H,(H,10,11);. The second-order valence-electron chi connectivity index (χ2n) is 2.36. The number of hydrogen-bond acceptors (Lipinski definition) is 2. The molecule has 0 radical (unpaired) electrons. The average Bonchev–Trinajstić information content (AvgIpc) is 2.04. The second-order valence-corrected chi connectivity index (χ2v) is 2.36. The van der Waals surface area contributed by atoms with Crippen LogP contribution in [-0.4, -0.2) is 10.1 Å². The number of nitrogens with zero attached hydrogens (tertiary/aromatic N) is 1. The zero-order valence-electron chi connectivity index (χ0n) is 6.57. The van der Waals surface area contributed by atoms with E-state index in [-0.39, 0.29) is 25.4 Å². The van der Waals surface area contributed by atoms with Gasteiger partial charge in [-0.15, -0.1) is 0 Å². The molecule has 1 aromatic carbocycles. The normalized spacial score (nSPS) is 9.33. The van der Waals surface area contributed by atoms with E-state index in [0.717, 1.165) is 10.9 Å². The molecule has 2 nitrogen and oxygen atoms in total. The Morgan fingerprint density at radius 1 is 1.00 bits per heavy atom. The van der Waals surface area contributed by atoms with Gasteiger partial charge in [0, 0.05) is 30.9 Å². The number of hydrogen-bond donors (Lipinski definition) is 1. The Morgan fingerprint density at radius 2 is 1.75 bits per heavy atom. The van der Waals surface area contributed by atoms with Crippen LogP contribution in [0.4, 0.5) is 0 Å². The molecule has 0 saturated heterocycles. The van der Waals surface area contributed by atoms with Crippen LogP contribution < -0.4 is 0 Å². The van der Waals surface area contributed by atoms with Crippen molar-refractivity contribution in [2.45, 2.75) is 0 Å². The summed E-state index contributed by atoms with van der Waals surface area (Å²) in [4.78, 5) is 3.93. The van der Waals surface area contributed by atoms with Crippen LogP contribution in [0.1, 0.15) is 0 Å². The Labute approximate surface area is 83.0 Å². The van der Waals surface area contributed by atoms with E-state index in [2.05, 4.69) is 4.98 Å². The van der Waals surface area contributed by atoms with Crippen molar-refractivity contribution in [3.63, 3.8) is 0 Å². The zero-order chi connectivity index (χ0) is 7.68. The van der Waals surface area contributed by atoms with Crippen LogP contribution in [0.5, 0.6) is 5.88 Å². The summed E-state index contributed by atoms with van der Waals surface area (Å²) in [7, 11) is 0. The van der Waals surface area contributed by atoms with Gasteiger partial charge in [0.15, 0.2) is 0 Å². The molecule has 0 aliphatic heterocycles. The van der Waals surface area contributed by atoms with Crippen molar-refractivity contribution in [1.82, 2.24) is 4.98 Å². The van der Waals surface area contributed by atoms with Gasteiger partial charge in [0.05, 0.1) is 5.52 Å². The zero-order valence-corrected chi connectivity index (χ0v) is 9.53. The van der Waals surface area contributed by atoms with Crippen molar-refractivity contribution in [3.8, 4) is 5.88 Å². The van der Waals surface area contributed by atoms with Crippen molar-refractivity contribution in [2.75, 3.05) is 0 Å². The van der Waals surface area contributed by atoms with E-state index in [1.165, 1.54) is 0 Å². The Hall–Kier alpha value is -0.947. The number of fused-ring (bicyclic) bond motifs is 1. The summed E-state index contributed by atoms with van der Waals surface area (Å²) in [5.41, 5.74) is 0.826. The smallest absolute Gasteiger partial charge is 0.211 e. The third kappa shape index (κ3) is 1.62. The van der Waals surface area contributed by atoms with Crippen LogP contribution in [0.15, 0.2) is 36.4 Å². The van der Waals surface area contributed by atoms with Crippen molar-refractivity contribution in [2.24, 2.45) is 0 Å². The summed E-state index contributed by atoms with van der Waals surface area (Å²) < 4.78 is 0. The number of aromatic nitrogens is 1. The van der Waals surface area contributed by atoms with Crippen LogP contribution >= 0.6 is 0 Å². The molecule has 0 unspecified atom stereocenters. The number of benzene rings is 1. The first kappa shape index (κ1) is 9.14. The molecule has 1 N–H and O–H groups in total. The quantitative estimate of drug-likeness (QED) is 0.674. The van der Waals surface area contributed by atoms with Gasteiger partial charge < -0.3 is 5.11 Å². The summed E-state index contributed by atoms with van der Waals surface area (Å²) >= 11 is 0. The molecule has 0 saturated carbocycles. The van der Waals surface area contributed by atoms with Gasteiger partial charge in [-0.1, -0.05) is 18.2 Å². The van der Waals surface area contributed by atoms with Crippen molar-refractivity contribution in [1.29, 1.82) is 0 Å². The van der Waals surface area contributed by atoms with E-state index in [0.29, 0.717) is 0 Å². The molecular formula is C9H7NOZn. The SMILES string of the molecule is Oc1ccc2ccccc2n1.[Zn]. The fourth-order valence-corrected chi connectivity index (χ4v) is 1.06. The predicted molar refractivity (Wildman–Crippen MR) is 43.4 cm³/mol. The van der Waals surface area contributed by atoms with Crippen molar-refractivity contribution >= 4 is 10.9 Å². The minimum Gasteiger partial charge on any atom is -0.493 e. The molecule has 12 heavy (non-hydrogen) atoms. The molecule has 0 aliphatic rings. The van der Waals surface area contributed by atoms with Gasteiger partial charge in [0.25, 0.3) is 0 Å². The summed E-state index contributed by atoms with van der Waals surface area (Å²) in [6.07, 6.45) is 0. The largest absolute Gasteiger partial charge is 0.493 e. The van der Waals surface area contributed by atoms with Crippen molar-refractivity contribution in [3.05, 3.63) is 36.4 Å². The van der Waals surface area contributed by atoms with Crippen LogP contribution in [0.25, 0.3) is 10.9 Å². The molecule has 2 aromatic rings. The van der Waals surface area contributed by atoms with E-state index in [9.17, 15) is 0 Å². The number of rotatable bonds is 0. The summed E-state index contributed by atoms with van der Waals surface area (Å²) in [5.74, 6) is 0.0729. The van der Waals surface area contributed by atoms with Gasteiger partial charge in [-0.05, 0) is 12.1 Å². The first-order chi connectivity index (χ1) is 5.36. The fraction of sp³-hybridized carbons (Fsp3) is 0. The van der Waals surface area contributed by atoms with Crippen LogP contribution in [0, 0.1) is 0 Å². The average molecular weight is 211 g/mol. The van der Waals surface area contributed by atoms with Gasteiger partial charge >= 0.3 is 0 Å². The first-order valence-corrected chi connectivity index (χ1v) is 3.41. The molecule has 0 spiro atoms. The maximum Gasteiger partial charge on any atom is 0.211 e. The Bertz CT molecular complexity index is 389. The van der Waals surface area contributed by atoms with Gasteiger partial charge in [-0.25, -0.2) is 4.98 Å². The Kier molecular flexibility index (Phi) is 2.77. The maximum absolute atomic E-state index is 9.02. The van der Waals surface area contributed by atoms with E-state index >= 15 is 0 Å². The van der Waals surface area contributed by atoms with Crippen LogP contribution in [-0.2, 0) is 19.5 Å². The van der Waals surface area contributed by atoms with Gasteiger partial charge in [0.2, 0.25) is 5.88 Å². The Morgan fingerprint density at radius 3 is 2.58 bits per heavy atom. The molecule has 0 aliphatic carbocycles. The summed E-state index contributed by atoms with van der Waals surface area (Å²) in [5, 5.41) is 10.1. The van der Waals surface area contributed by atoms with Gasteiger partial charge in [-0.3, -0.25) is 0 Å². The number of aromatic hydroxyl groups is 1. The molecule has 3 heteroatoms. The molecule has 0 atom stereocenters. The van der Waals surface area contributed by atoms with E-state index < -0.39 is 0 Å². The Balaban J connectivity index is 0.000000720.